The van der Waals surface area contributed by atoms with E-state index in [2.05, 4.69) is 192 Å². The Labute approximate surface area is 295 Å². The molecule has 50 heavy (non-hydrogen) atoms. The van der Waals surface area contributed by atoms with Crippen molar-refractivity contribution < 1.29 is 4.42 Å². The van der Waals surface area contributed by atoms with Gasteiger partial charge in [-0.1, -0.05) is 157 Å². The van der Waals surface area contributed by atoms with Gasteiger partial charge in [-0.2, -0.15) is 0 Å². The molecule has 1 aromatic heterocycles. The average Bonchev–Trinajstić information content (AvgIpc) is 3.51. The summed E-state index contributed by atoms with van der Waals surface area (Å²) in [6.45, 7) is 13.8. The summed E-state index contributed by atoms with van der Waals surface area (Å²) in [4.78, 5) is 2.48. The van der Waals surface area contributed by atoms with E-state index >= 15 is 0 Å². The van der Waals surface area contributed by atoms with Crippen molar-refractivity contribution in [3.8, 4) is 22.3 Å². The molecule has 0 spiro atoms. The number of rotatable bonds is 5. The average molecular weight is 650 g/mol. The third-order valence-electron chi connectivity index (χ3n) is 9.95. The largest absolute Gasteiger partial charge is 0.456 e. The molecular weight excluding hydrogens is 607 g/mol. The second kappa shape index (κ2) is 12.1. The van der Waals surface area contributed by atoms with Crippen LogP contribution in [0, 0.1) is 0 Å². The highest BCUT2D eigenvalue weighted by atomic mass is 16.3. The standard InChI is InChI=1S/C48H43NO/c1-47(2,3)34-29-35(48(4,5)6)31-36(30-34)49(42-26-16-28-44-46(42)40-22-11-13-27-43(40)50-44)41-25-12-10-21-38(41)39-24-15-20-33-19-14-23-37(45(33)39)32-17-8-7-9-18-32/h7-31H,1-6H3. The number of hydrogen-bond donors (Lipinski definition) is 0. The minimum atomic E-state index is -0.0459. The lowest BCUT2D eigenvalue weighted by Gasteiger charge is -2.32. The highest BCUT2D eigenvalue weighted by Gasteiger charge is 2.27. The first kappa shape index (κ1) is 31.7. The van der Waals surface area contributed by atoms with Gasteiger partial charge in [0.1, 0.15) is 11.2 Å². The van der Waals surface area contributed by atoms with Crippen LogP contribution in [0.25, 0.3) is 55.0 Å². The summed E-state index contributed by atoms with van der Waals surface area (Å²) in [5.41, 5.74) is 12.5. The van der Waals surface area contributed by atoms with Gasteiger partial charge in [-0.25, -0.2) is 0 Å². The van der Waals surface area contributed by atoms with Gasteiger partial charge in [0.15, 0.2) is 0 Å². The Kier molecular flexibility index (Phi) is 7.64. The van der Waals surface area contributed by atoms with Crippen LogP contribution in [0.15, 0.2) is 156 Å². The van der Waals surface area contributed by atoms with Crippen LogP contribution >= 0.6 is 0 Å². The van der Waals surface area contributed by atoms with Gasteiger partial charge in [-0.3, -0.25) is 0 Å². The van der Waals surface area contributed by atoms with Crippen molar-refractivity contribution in [1.29, 1.82) is 0 Å². The Balaban J connectivity index is 1.49. The van der Waals surface area contributed by atoms with E-state index in [0.717, 1.165) is 39.0 Å². The molecule has 2 nitrogen and oxygen atoms in total. The zero-order valence-electron chi connectivity index (χ0n) is 29.8. The first-order valence-electron chi connectivity index (χ1n) is 17.6. The number of para-hydroxylation sites is 2. The fourth-order valence-electron chi connectivity index (χ4n) is 7.28. The topological polar surface area (TPSA) is 16.4 Å². The summed E-state index contributed by atoms with van der Waals surface area (Å²) in [5.74, 6) is 0. The molecule has 0 amide bonds. The molecule has 8 rings (SSSR count). The summed E-state index contributed by atoms with van der Waals surface area (Å²) in [7, 11) is 0. The van der Waals surface area contributed by atoms with Crippen LogP contribution in [0.4, 0.5) is 17.1 Å². The molecule has 0 unspecified atom stereocenters. The monoisotopic (exact) mass is 649 g/mol. The number of furan rings is 1. The van der Waals surface area contributed by atoms with Gasteiger partial charge in [0, 0.05) is 16.6 Å². The lowest BCUT2D eigenvalue weighted by Crippen LogP contribution is -2.19. The normalized spacial score (nSPS) is 12.2. The summed E-state index contributed by atoms with van der Waals surface area (Å²) in [5, 5.41) is 4.69. The highest BCUT2D eigenvalue weighted by Crippen LogP contribution is 2.49. The van der Waals surface area contributed by atoms with Crippen molar-refractivity contribution in [1.82, 2.24) is 0 Å². The van der Waals surface area contributed by atoms with Crippen molar-refractivity contribution in [2.45, 2.75) is 52.4 Å². The molecule has 1 heterocycles. The first-order valence-corrected chi connectivity index (χ1v) is 17.6. The maximum atomic E-state index is 6.48. The van der Waals surface area contributed by atoms with Crippen LogP contribution < -0.4 is 4.90 Å². The second-order valence-corrected chi connectivity index (χ2v) is 15.4. The predicted molar refractivity (Wildman–Crippen MR) is 214 cm³/mol. The minimum absolute atomic E-state index is 0.0459. The number of nitrogens with zero attached hydrogens (tertiary/aromatic N) is 1. The second-order valence-electron chi connectivity index (χ2n) is 15.4. The molecule has 0 aliphatic rings. The van der Waals surface area contributed by atoms with Gasteiger partial charge >= 0.3 is 0 Å². The third-order valence-corrected chi connectivity index (χ3v) is 9.95. The van der Waals surface area contributed by atoms with Gasteiger partial charge in [0.2, 0.25) is 0 Å². The van der Waals surface area contributed by atoms with Crippen LogP contribution in [-0.2, 0) is 10.8 Å². The molecule has 0 radical (unpaired) electrons. The van der Waals surface area contributed by atoms with Crippen LogP contribution in [0.5, 0.6) is 0 Å². The lowest BCUT2D eigenvalue weighted by atomic mass is 9.80. The fourth-order valence-corrected chi connectivity index (χ4v) is 7.28. The Hall–Kier alpha value is -5.60. The van der Waals surface area contributed by atoms with E-state index in [9.17, 15) is 0 Å². The zero-order chi connectivity index (χ0) is 34.6. The van der Waals surface area contributed by atoms with Crippen LogP contribution in [0.1, 0.15) is 52.7 Å². The molecule has 0 saturated carbocycles. The van der Waals surface area contributed by atoms with Crippen molar-refractivity contribution >= 4 is 49.8 Å². The maximum Gasteiger partial charge on any atom is 0.137 e. The maximum absolute atomic E-state index is 6.48. The highest BCUT2D eigenvalue weighted by molar-refractivity contribution is 6.15. The molecule has 0 fully saturated rings. The Morgan fingerprint density at radius 3 is 1.72 bits per heavy atom. The van der Waals surface area contributed by atoms with Gasteiger partial charge < -0.3 is 9.32 Å². The van der Waals surface area contributed by atoms with E-state index in [4.69, 9.17) is 4.42 Å². The van der Waals surface area contributed by atoms with Gasteiger partial charge in [0.05, 0.1) is 16.8 Å². The van der Waals surface area contributed by atoms with Crippen LogP contribution in [0.3, 0.4) is 0 Å². The van der Waals surface area contributed by atoms with E-state index in [1.54, 1.807) is 0 Å². The third kappa shape index (κ3) is 5.55. The molecule has 0 saturated heterocycles. The van der Waals surface area contributed by atoms with Crippen molar-refractivity contribution in [2.75, 3.05) is 4.90 Å². The van der Waals surface area contributed by atoms with Crippen molar-refractivity contribution in [3.05, 3.63) is 163 Å². The fraction of sp³-hybridized carbons (Fsp3) is 0.167. The van der Waals surface area contributed by atoms with E-state index in [1.165, 1.54) is 44.2 Å². The summed E-state index contributed by atoms with van der Waals surface area (Å²) < 4.78 is 6.48. The van der Waals surface area contributed by atoms with Gasteiger partial charge in [0.25, 0.3) is 0 Å². The molecule has 8 aromatic rings. The van der Waals surface area contributed by atoms with Crippen molar-refractivity contribution in [2.24, 2.45) is 0 Å². The SMILES string of the molecule is CC(C)(C)c1cc(N(c2ccccc2-c2cccc3cccc(-c4ccccc4)c23)c2cccc3oc4ccccc4c23)cc(C(C)(C)C)c1. The molecule has 0 atom stereocenters. The summed E-state index contributed by atoms with van der Waals surface area (Å²) >= 11 is 0. The quantitative estimate of drug-likeness (QED) is 0.184. The zero-order valence-corrected chi connectivity index (χ0v) is 29.8. The molecule has 0 aliphatic carbocycles. The van der Waals surface area contributed by atoms with E-state index in [0.29, 0.717) is 0 Å². The van der Waals surface area contributed by atoms with E-state index in [1.807, 2.05) is 6.07 Å². The molecule has 0 aliphatic heterocycles. The summed E-state index contributed by atoms with van der Waals surface area (Å²) in [6.07, 6.45) is 0. The molecule has 0 bridgehead atoms. The van der Waals surface area contributed by atoms with Crippen LogP contribution in [0.2, 0.25) is 0 Å². The summed E-state index contributed by atoms with van der Waals surface area (Å²) in [6, 6.07) is 55.0. The Morgan fingerprint density at radius 1 is 0.440 bits per heavy atom. The lowest BCUT2D eigenvalue weighted by molar-refractivity contribution is 0.569. The number of anilines is 3. The number of fused-ring (bicyclic) bond motifs is 4. The van der Waals surface area contributed by atoms with Gasteiger partial charge in [-0.05, 0) is 85.8 Å². The molecule has 246 valence electrons. The van der Waals surface area contributed by atoms with E-state index < -0.39 is 0 Å². The van der Waals surface area contributed by atoms with Crippen LogP contribution in [-0.4, -0.2) is 0 Å². The number of hydrogen-bond acceptors (Lipinski definition) is 2. The Morgan fingerprint density at radius 2 is 1.00 bits per heavy atom. The predicted octanol–water partition coefficient (Wildman–Crippen LogP) is 14.1. The minimum Gasteiger partial charge on any atom is -0.456 e. The van der Waals surface area contributed by atoms with Gasteiger partial charge in [-0.15, -0.1) is 0 Å². The smallest absolute Gasteiger partial charge is 0.137 e. The molecular formula is C48H43NO. The molecule has 2 heteroatoms. The number of benzene rings is 7. The van der Waals surface area contributed by atoms with E-state index in [-0.39, 0.29) is 10.8 Å². The first-order chi connectivity index (χ1) is 24.1. The van der Waals surface area contributed by atoms with Crippen molar-refractivity contribution in [3.63, 3.8) is 0 Å². The molecule has 0 N–H and O–H groups in total. The Bertz CT molecular complexity index is 2470. The molecule has 7 aromatic carbocycles.